The molecule has 4 nitrogen and oxygen atoms in total. The van der Waals surface area contributed by atoms with Gasteiger partial charge in [0.25, 0.3) is 0 Å². The Kier molecular flexibility index (Phi) is 2.69. The van der Waals surface area contributed by atoms with Gasteiger partial charge in [0.2, 0.25) is 0 Å². The summed E-state index contributed by atoms with van der Waals surface area (Å²) in [5.74, 6) is 0.836. The number of pyridine rings is 1. The summed E-state index contributed by atoms with van der Waals surface area (Å²) in [5.41, 5.74) is 0.483. The zero-order valence-electron chi connectivity index (χ0n) is 9.76. The molecule has 0 radical (unpaired) electrons. The fraction of sp³-hybridized carbons (Fsp3) is 0.538. The molecule has 17 heavy (non-hydrogen) atoms. The van der Waals surface area contributed by atoms with Crippen molar-refractivity contribution >= 4 is 5.82 Å². The van der Waals surface area contributed by atoms with Crippen LogP contribution in [0.1, 0.15) is 25.0 Å². The Morgan fingerprint density at radius 2 is 2.29 bits per heavy atom. The number of hydrogen-bond donors (Lipinski definition) is 1. The summed E-state index contributed by atoms with van der Waals surface area (Å²) in [6.45, 7) is 2.44. The minimum absolute atomic E-state index is 0.483. The topological polar surface area (TPSA) is 52.0 Å². The van der Waals surface area contributed by atoms with Crippen molar-refractivity contribution in [3.63, 3.8) is 0 Å². The SMILES string of the molecule is N#Cc1cccc(NC2CCN3CCCC23)n1. The quantitative estimate of drug-likeness (QED) is 0.835. The number of rotatable bonds is 2. The van der Waals surface area contributed by atoms with Gasteiger partial charge < -0.3 is 5.32 Å². The van der Waals surface area contributed by atoms with Gasteiger partial charge in [0, 0.05) is 18.6 Å². The van der Waals surface area contributed by atoms with Crippen LogP contribution in [0.2, 0.25) is 0 Å². The van der Waals surface area contributed by atoms with E-state index in [-0.39, 0.29) is 0 Å². The smallest absolute Gasteiger partial charge is 0.142 e. The molecule has 2 fully saturated rings. The molecule has 2 saturated heterocycles. The minimum Gasteiger partial charge on any atom is -0.366 e. The van der Waals surface area contributed by atoms with E-state index in [1.54, 1.807) is 6.07 Å². The Morgan fingerprint density at radius 1 is 1.35 bits per heavy atom. The zero-order valence-corrected chi connectivity index (χ0v) is 9.76. The first-order valence-electron chi connectivity index (χ1n) is 6.24. The molecular weight excluding hydrogens is 212 g/mol. The van der Waals surface area contributed by atoms with Crippen molar-refractivity contribution in [3.05, 3.63) is 23.9 Å². The maximum Gasteiger partial charge on any atom is 0.142 e. The molecule has 0 spiro atoms. The van der Waals surface area contributed by atoms with Crippen LogP contribution in [-0.4, -0.2) is 35.1 Å². The predicted molar refractivity (Wildman–Crippen MR) is 65.6 cm³/mol. The molecule has 2 atom stereocenters. The number of nitrogens with one attached hydrogen (secondary N) is 1. The molecule has 0 saturated carbocycles. The van der Waals surface area contributed by atoms with Gasteiger partial charge in [-0.25, -0.2) is 4.98 Å². The van der Waals surface area contributed by atoms with Gasteiger partial charge in [0.05, 0.1) is 0 Å². The highest BCUT2D eigenvalue weighted by Gasteiger charge is 2.37. The lowest BCUT2D eigenvalue weighted by atomic mass is 10.1. The lowest BCUT2D eigenvalue weighted by Gasteiger charge is -2.21. The second-order valence-electron chi connectivity index (χ2n) is 4.80. The van der Waals surface area contributed by atoms with Crippen molar-refractivity contribution in [3.8, 4) is 6.07 Å². The molecule has 0 amide bonds. The van der Waals surface area contributed by atoms with E-state index in [2.05, 4.69) is 21.3 Å². The van der Waals surface area contributed by atoms with E-state index >= 15 is 0 Å². The van der Waals surface area contributed by atoms with Crippen molar-refractivity contribution in [1.82, 2.24) is 9.88 Å². The summed E-state index contributed by atoms with van der Waals surface area (Å²) in [7, 11) is 0. The third-order valence-corrected chi connectivity index (χ3v) is 3.80. The molecule has 3 rings (SSSR count). The Bertz CT molecular complexity index is 451. The van der Waals surface area contributed by atoms with Crippen LogP contribution in [-0.2, 0) is 0 Å². The molecule has 4 heteroatoms. The summed E-state index contributed by atoms with van der Waals surface area (Å²) in [6.07, 6.45) is 3.78. The van der Waals surface area contributed by atoms with Gasteiger partial charge in [0.15, 0.2) is 0 Å². The number of hydrogen-bond acceptors (Lipinski definition) is 4. The van der Waals surface area contributed by atoms with Gasteiger partial charge in [-0.05, 0) is 37.9 Å². The van der Waals surface area contributed by atoms with E-state index in [9.17, 15) is 0 Å². The van der Waals surface area contributed by atoms with E-state index in [0.29, 0.717) is 17.8 Å². The summed E-state index contributed by atoms with van der Waals surface area (Å²) >= 11 is 0. The number of aromatic nitrogens is 1. The minimum atomic E-state index is 0.483. The molecule has 2 unspecified atom stereocenters. The zero-order chi connectivity index (χ0) is 11.7. The third kappa shape index (κ3) is 1.98. The largest absolute Gasteiger partial charge is 0.366 e. The van der Waals surface area contributed by atoms with E-state index in [1.807, 2.05) is 12.1 Å². The van der Waals surface area contributed by atoms with Gasteiger partial charge in [-0.2, -0.15) is 5.26 Å². The first-order valence-corrected chi connectivity index (χ1v) is 6.24. The average molecular weight is 228 g/mol. The predicted octanol–water partition coefficient (Wildman–Crippen LogP) is 1.60. The van der Waals surface area contributed by atoms with Gasteiger partial charge >= 0.3 is 0 Å². The molecule has 1 aromatic rings. The maximum absolute atomic E-state index is 8.82. The Hall–Kier alpha value is -1.60. The maximum atomic E-state index is 8.82. The molecule has 2 aliphatic heterocycles. The van der Waals surface area contributed by atoms with E-state index in [4.69, 9.17) is 5.26 Å². The molecule has 88 valence electrons. The van der Waals surface area contributed by atoms with Crippen molar-refractivity contribution < 1.29 is 0 Å². The highest BCUT2D eigenvalue weighted by Crippen LogP contribution is 2.29. The number of fused-ring (bicyclic) bond motifs is 1. The number of nitriles is 1. The fourth-order valence-corrected chi connectivity index (χ4v) is 3.02. The van der Waals surface area contributed by atoms with Crippen molar-refractivity contribution in [2.24, 2.45) is 0 Å². The summed E-state index contributed by atoms with van der Waals surface area (Å²) < 4.78 is 0. The lowest BCUT2D eigenvalue weighted by molar-refractivity contribution is 0.318. The molecule has 1 N–H and O–H groups in total. The van der Waals surface area contributed by atoms with Crippen LogP contribution in [0.5, 0.6) is 0 Å². The Labute approximate surface area is 101 Å². The second-order valence-corrected chi connectivity index (χ2v) is 4.80. The third-order valence-electron chi connectivity index (χ3n) is 3.80. The summed E-state index contributed by atoms with van der Waals surface area (Å²) in [4.78, 5) is 6.84. The molecule has 0 aromatic carbocycles. The molecule has 0 bridgehead atoms. The normalized spacial score (nSPS) is 27.7. The average Bonchev–Trinajstić information content (AvgIpc) is 2.94. The van der Waals surface area contributed by atoms with Crippen LogP contribution >= 0.6 is 0 Å². The van der Waals surface area contributed by atoms with Gasteiger partial charge in [-0.1, -0.05) is 6.07 Å². The second kappa shape index (κ2) is 4.34. The fourth-order valence-electron chi connectivity index (χ4n) is 3.02. The Balaban J connectivity index is 1.72. The monoisotopic (exact) mass is 228 g/mol. The van der Waals surface area contributed by atoms with E-state index < -0.39 is 0 Å². The van der Waals surface area contributed by atoms with Crippen LogP contribution in [0, 0.1) is 11.3 Å². The van der Waals surface area contributed by atoms with E-state index in [0.717, 1.165) is 5.82 Å². The van der Waals surface area contributed by atoms with Gasteiger partial charge in [-0.3, -0.25) is 4.90 Å². The van der Waals surface area contributed by atoms with Crippen LogP contribution in [0.25, 0.3) is 0 Å². The van der Waals surface area contributed by atoms with E-state index in [1.165, 1.54) is 32.4 Å². The molecular formula is C13H16N4. The number of anilines is 1. The first-order chi connectivity index (χ1) is 8.36. The molecule has 1 aromatic heterocycles. The lowest BCUT2D eigenvalue weighted by Crippen LogP contribution is -2.34. The Morgan fingerprint density at radius 3 is 3.18 bits per heavy atom. The van der Waals surface area contributed by atoms with Crippen LogP contribution < -0.4 is 5.32 Å². The number of nitrogens with zero attached hydrogens (tertiary/aromatic N) is 3. The van der Waals surface area contributed by atoms with Crippen molar-refractivity contribution in [1.29, 1.82) is 5.26 Å². The van der Waals surface area contributed by atoms with Crippen molar-refractivity contribution in [2.45, 2.75) is 31.3 Å². The van der Waals surface area contributed by atoms with Gasteiger partial charge in [-0.15, -0.1) is 0 Å². The van der Waals surface area contributed by atoms with Crippen LogP contribution in [0.15, 0.2) is 18.2 Å². The van der Waals surface area contributed by atoms with Crippen LogP contribution in [0.4, 0.5) is 5.82 Å². The standard InChI is InChI=1S/C13H16N4/c14-9-10-3-1-5-13(15-10)16-11-6-8-17-7-2-4-12(11)17/h1,3,5,11-12H,2,4,6-8H2,(H,15,16). The molecule has 3 heterocycles. The first kappa shape index (κ1) is 10.5. The van der Waals surface area contributed by atoms with Crippen LogP contribution in [0.3, 0.4) is 0 Å². The molecule has 2 aliphatic rings. The van der Waals surface area contributed by atoms with Crippen molar-refractivity contribution in [2.75, 3.05) is 18.4 Å². The molecule has 0 aliphatic carbocycles. The summed E-state index contributed by atoms with van der Waals surface area (Å²) in [5, 5.41) is 12.3. The highest BCUT2D eigenvalue weighted by atomic mass is 15.2. The highest BCUT2D eigenvalue weighted by molar-refractivity contribution is 5.40. The summed E-state index contributed by atoms with van der Waals surface area (Å²) in [6, 6.07) is 8.81. The van der Waals surface area contributed by atoms with Gasteiger partial charge in [0.1, 0.15) is 17.6 Å².